The maximum atomic E-state index is 13.0. The molecular weight excluding hydrogens is 269 g/mol. The number of hydrogen-bond acceptors (Lipinski definition) is 4. The lowest BCUT2D eigenvalue weighted by molar-refractivity contribution is 0.415. The van der Waals surface area contributed by atoms with Gasteiger partial charge in [-0.15, -0.1) is 0 Å². The Labute approximate surface area is 123 Å². The fourth-order valence-electron chi connectivity index (χ4n) is 2.10. The van der Waals surface area contributed by atoms with Gasteiger partial charge in [0.05, 0.1) is 36.3 Å². The molecule has 1 atom stereocenters. The Morgan fingerprint density at radius 2 is 2.19 bits per heavy atom. The molecule has 0 saturated carbocycles. The summed E-state index contributed by atoms with van der Waals surface area (Å²) in [5.74, 6) is 0.221. The van der Waals surface area contributed by atoms with Crippen LogP contribution in [0.25, 0.3) is 0 Å². The van der Waals surface area contributed by atoms with Gasteiger partial charge in [0.2, 0.25) is 0 Å². The SMILES string of the molecule is CCC(Nc1c(C#N)cccc1OC)c1ccc(F)cn1. The first-order chi connectivity index (χ1) is 10.2. The summed E-state index contributed by atoms with van der Waals surface area (Å²) in [6.45, 7) is 1.99. The molecule has 1 heterocycles. The van der Waals surface area contributed by atoms with Gasteiger partial charge in [-0.05, 0) is 30.7 Å². The summed E-state index contributed by atoms with van der Waals surface area (Å²) < 4.78 is 18.3. The zero-order valence-corrected chi connectivity index (χ0v) is 11.9. The molecule has 2 aromatic rings. The monoisotopic (exact) mass is 285 g/mol. The molecule has 0 aliphatic rings. The van der Waals surface area contributed by atoms with Crippen LogP contribution in [-0.4, -0.2) is 12.1 Å². The molecule has 1 unspecified atom stereocenters. The van der Waals surface area contributed by atoms with Gasteiger partial charge in [0.25, 0.3) is 0 Å². The van der Waals surface area contributed by atoms with Crippen molar-refractivity contribution in [3.05, 3.63) is 53.6 Å². The fourth-order valence-corrected chi connectivity index (χ4v) is 2.10. The molecular formula is C16H16FN3O. The van der Waals surface area contributed by atoms with Gasteiger partial charge in [-0.2, -0.15) is 5.26 Å². The van der Waals surface area contributed by atoms with E-state index < -0.39 is 0 Å². The number of pyridine rings is 1. The minimum absolute atomic E-state index is 0.131. The Bertz CT molecular complexity index is 650. The Kier molecular flexibility index (Phi) is 4.72. The molecule has 1 aromatic carbocycles. The highest BCUT2D eigenvalue weighted by molar-refractivity contribution is 5.67. The number of ether oxygens (including phenoxy) is 1. The zero-order valence-electron chi connectivity index (χ0n) is 11.9. The maximum absolute atomic E-state index is 13.0. The highest BCUT2D eigenvalue weighted by atomic mass is 19.1. The summed E-state index contributed by atoms with van der Waals surface area (Å²) in [4.78, 5) is 4.10. The van der Waals surface area contributed by atoms with Crippen LogP contribution in [-0.2, 0) is 0 Å². The highest BCUT2D eigenvalue weighted by Crippen LogP contribution is 2.32. The molecule has 0 aliphatic heterocycles. The average Bonchev–Trinajstić information content (AvgIpc) is 2.53. The highest BCUT2D eigenvalue weighted by Gasteiger charge is 2.16. The third-order valence-electron chi connectivity index (χ3n) is 3.20. The first kappa shape index (κ1) is 14.8. The first-order valence-electron chi connectivity index (χ1n) is 6.64. The summed E-state index contributed by atoms with van der Waals surface area (Å²) in [5.41, 5.74) is 1.84. The van der Waals surface area contributed by atoms with E-state index in [9.17, 15) is 9.65 Å². The molecule has 0 spiro atoms. The molecule has 108 valence electrons. The Hall–Kier alpha value is -2.61. The van der Waals surface area contributed by atoms with Crippen molar-refractivity contribution in [1.29, 1.82) is 5.26 Å². The summed E-state index contributed by atoms with van der Waals surface area (Å²) in [6, 6.07) is 10.3. The van der Waals surface area contributed by atoms with E-state index in [0.29, 0.717) is 22.7 Å². The lowest BCUT2D eigenvalue weighted by atomic mass is 10.1. The van der Waals surface area contributed by atoms with Crippen LogP contribution in [0.3, 0.4) is 0 Å². The minimum Gasteiger partial charge on any atom is -0.495 e. The van der Waals surface area contributed by atoms with Gasteiger partial charge in [0.1, 0.15) is 17.6 Å². The number of anilines is 1. The Morgan fingerprint density at radius 1 is 1.38 bits per heavy atom. The zero-order chi connectivity index (χ0) is 15.2. The second kappa shape index (κ2) is 6.71. The number of rotatable bonds is 5. The number of hydrogen-bond donors (Lipinski definition) is 1. The number of nitrogens with one attached hydrogen (secondary N) is 1. The van der Waals surface area contributed by atoms with Gasteiger partial charge in [-0.1, -0.05) is 13.0 Å². The molecule has 0 aliphatic carbocycles. The average molecular weight is 285 g/mol. The van der Waals surface area contributed by atoms with Crippen LogP contribution in [0.15, 0.2) is 36.5 Å². The third-order valence-corrected chi connectivity index (χ3v) is 3.20. The number of halogens is 1. The Morgan fingerprint density at radius 3 is 2.76 bits per heavy atom. The molecule has 21 heavy (non-hydrogen) atoms. The van der Waals surface area contributed by atoms with Crippen LogP contribution >= 0.6 is 0 Å². The number of aromatic nitrogens is 1. The van der Waals surface area contributed by atoms with Crippen molar-refractivity contribution < 1.29 is 9.13 Å². The standard InChI is InChI=1S/C16H16FN3O/c1-3-13(14-8-7-12(17)10-19-14)20-16-11(9-18)5-4-6-15(16)21-2/h4-8,10,13,20H,3H2,1-2H3. The van der Waals surface area contributed by atoms with Gasteiger partial charge in [-0.25, -0.2) is 4.39 Å². The van der Waals surface area contributed by atoms with E-state index in [-0.39, 0.29) is 11.9 Å². The fraction of sp³-hybridized carbons (Fsp3) is 0.250. The molecule has 4 nitrogen and oxygen atoms in total. The predicted octanol–water partition coefficient (Wildman–Crippen LogP) is 3.66. The second-order valence-corrected chi connectivity index (χ2v) is 4.50. The van der Waals surface area contributed by atoms with E-state index >= 15 is 0 Å². The molecule has 0 amide bonds. The molecule has 1 N–H and O–H groups in total. The summed E-state index contributed by atoms with van der Waals surface area (Å²) in [7, 11) is 1.55. The van der Waals surface area contributed by atoms with Gasteiger partial charge < -0.3 is 10.1 Å². The van der Waals surface area contributed by atoms with Gasteiger partial charge in [0.15, 0.2) is 0 Å². The normalized spacial score (nSPS) is 11.5. The molecule has 0 bridgehead atoms. The van der Waals surface area contributed by atoms with Crippen LogP contribution in [0, 0.1) is 17.1 Å². The summed E-state index contributed by atoms with van der Waals surface area (Å²) in [5, 5.41) is 12.5. The van der Waals surface area contributed by atoms with Gasteiger partial charge >= 0.3 is 0 Å². The largest absolute Gasteiger partial charge is 0.495 e. The van der Waals surface area contributed by atoms with Crippen molar-refractivity contribution in [2.75, 3.05) is 12.4 Å². The number of para-hydroxylation sites is 1. The topological polar surface area (TPSA) is 57.9 Å². The van der Waals surface area contributed by atoms with Crippen molar-refractivity contribution in [3.8, 4) is 11.8 Å². The molecule has 0 fully saturated rings. The molecule has 0 saturated heterocycles. The number of methoxy groups -OCH3 is 1. The lowest BCUT2D eigenvalue weighted by Gasteiger charge is -2.20. The van der Waals surface area contributed by atoms with Crippen LogP contribution in [0.4, 0.5) is 10.1 Å². The van der Waals surface area contributed by atoms with Crippen molar-refractivity contribution in [3.63, 3.8) is 0 Å². The number of nitrogens with zero attached hydrogens (tertiary/aromatic N) is 2. The molecule has 2 rings (SSSR count). The Balaban J connectivity index is 2.35. The molecule has 0 radical (unpaired) electrons. The first-order valence-corrected chi connectivity index (χ1v) is 6.64. The third kappa shape index (κ3) is 3.29. The van der Waals surface area contributed by atoms with Crippen LogP contribution in [0.2, 0.25) is 0 Å². The van der Waals surface area contributed by atoms with Crippen LogP contribution in [0.5, 0.6) is 5.75 Å². The second-order valence-electron chi connectivity index (χ2n) is 4.50. The lowest BCUT2D eigenvalue weighted by Crippen LogP contribution is -2.13. The van der Waals surface area contributed by atoms with E-state index in [1.54, 1.807) is 31.4 Å². The van der Waals surface area contributed by atoms with Crippen molar-refractivity contribution in [1.82, 2.24) is 4.98 Å². The number of benzene rings is 1. The predicted molar refractivity (Wildman–Crippen MR) is 78.6 cm³/mol. The van der Waals surface area contributed by atoms with Gasteiger partial charge in [0, 0.05) is 0 Å². The molecule has 1 aromatic heterocycles. The van der Waals surface area contributed by atoms with E-state index in [4.69, 9.17) is 4.74 Å². The van der Waals surface area contributed by atoms with Gasteiger partial charge in [-0.3, -0.25) is 4.98 Å². The van der Waals surface area contributed by atoms with E-state index in [2.05, 4.69) is 16.4 Å². The van der Waals surface area contributed by atoms with E-state index in [0.717, 1.165) is 6.42 Å². The smallest absolute Gasteiger partial charge is 0.143 e. The molecule has 5 heteroatoms. The van der Waals surface area contributed by atoms with Crippen molar-refractivity contribution in [2.24, 2.45) is 0 Å². The quantitative estimate of drug-likeness (QED) is 0.910. The van der Waals surface area contributed by atoms with E-state index in [1.807, 2.05) is 6.92 Å². The van der Waals surface area contributed by atoms with Crippen LogP contribution < -0.4 is 10.1 Å². The summed E-state index contributed by atoms with van der Waals surface area (Å²) >= 11 is 0. The van der Waals surface area contributed by atoms with Crippen molar-refractivity contribution >= 4 is 5.69 Å². The van der Waals surface area contributed by atoms with Crippen molar-refractivity contribution in [2.45, 2.75) is 19.4 Å². The van der Waals surface area contributed by atoms with Crippen LogP contribution in [0.1, 0.15) is 30.6 Å². The number of nitriles is 1. The summed E-state index contributed by atoms with van der Waals surface area (Å²) in [6.07, 6.45) is 1.93. The maximum Gasteiger partial charge on any atom is 0.143 e. The van der Waals surface area contributed by atoms with E-state index in [1.165, 1.54) is 12.3 Å². The minimum atomic E-state index is -0.372.